The molecule has 2 atom stereocenters. The van der Waals surface area contributed by atoms with Crippen LogP contribution in [0.5, 0.6) is 5.75 Å². The first-order valence-electron chi connectivity index (χ1n) is 10.9. The van der Waals surface area contributed by atoms with Gasteiger partial charge in [0.25, 0.3) is 5.91 Å². The zero-order valence-electron chi connectivity index (χ0n) is 18.7. The van der Waals surface area contributed by atoms with Crippen LogP contribution in [0.4, 0.5) is 0 Å². The van der Waals surface area contributed by atoms with E-state index in [0.717, 1.165) is 27.5 Å². The van der Waals surface area contributed by atoms with Gasteiger partial charge in [0.15, 0.2) is 15.9 Å². The Balaban J connectivity index is 1.63. The van der Waals surface area contributed by atoms with Gasteiger partial charge in [0.05, 0.1) is 11.5 Å². The van der Waals surface area contributed by atoms with Gasteiger partial charge in [0.1, 0.15) is 5.75 Å². The van der Waals surface area contributed by atoms with Crippen molar-refractivity contribution in [1.82, 2.24) is 4.90 Å². The molecule has 0 aliphatic carbocycles. The second kappa shape index (κ2) is 8.94. The lowest BCUT2D eigenvalue weighted by atomic mass is 10.0. The summed E-state index contributed by atoms with van der Waals surface area (Å²) in [6.45, 7) is 6.06. The van der Waals surface area contributed by atoms with E-state index in [2.05, 4.69) is 6.07 Å². The largest absolute Gasteiger partial charge is 0.481 e. The highest BCUT2D eigenvalue weighted by Gasteiger charge is 2.36. The molecule has 1 saturated heterocycles. The molecule has 0 radical (unpaired) electrons. The van der Waals surface area contributed by atoms with Crippen LogP contribution in [0.25, 0.3) is 10.8 Å². The number of ether oxygens (including phenoxy) is 1. The Labute approximate surface area is 189 Å². The third-order valence-corrected chi connectivity index (χ3v) is 7.76. The quantitative estimate of drug-likeness (QED) is 0.556. The molecule has 5 nitrogen and oxygen atoms in total. The lowest BCUT2D eigenvalue weighted by Gasteiger charge is -2.31. The Morgan fingerprint density at radius 2 is 1.75 bits per heavy atom. The van der Waals surface area contributed by atoms with Crippen molar-refractivity contribution in [2.45, 2.75) is 45.9 Å². The van der Waals surface area contributed by atoms with Gasteiger partial charge in [0.2, 0.25) is 0 Å². The maximum Gasteiger partial charge on any atom is 0.263 e. The van der Waals surface area contributed by atoms with Gasteiger partial charge in [-0.1, -0.05) is 48.5 Å². The lowest BCUT2D eigenvalue weighted by molar-refractivity contribution is -0.140. The van der Waals surface area contributed by atoms with Crippen LogP contribution in [0.3, 0.4) is 0 Å². The van der Waals surface area contributed by atoms with E-state index in [1.165, 1.54) is 0 Å². The van der Waals surface area contributed by atoms with Crippen molar-refractivity contribution in [3.63, 3.8) is 0 Å². The van der Waals surface area contributed by atoms with E-state index < -0.39 is 15.9 Å². The number of aryl methyl sites for hydroxylation is 2. The zero-order valence-corrected chi connectivity index (χ0v) is 19.6. The molecule has 1 amide bonds. The summed E-state index contributed by atoms with van der Waals surface area (Å²) in [6.07, 6.45) is -0.274. The van der Waals surface area contributed by atoms with Gasteiger partial charge in [-0.3, -0.25) is 4.79 Å². The van der Waals surface area contributed by atoms with Crippen LogP contribution in [0.15, 0.2) is 60.7 Å². The molecule has 4 rings (SSSR count). The second-order valence-corrected chi connectivity index (χ2v) is 11.0. The Hall–Kier alpha value is -2.86. The first-order valence-corrected chi connectivity index (χ1v) is 12.8. The van der Waals surface area contributed by atoms with E-state index in [-0.39, 0.29) is 23.5 Å². The second-order valence-electron chi connectivity index (χ2n) is 8.74. The van der Waals surface area contributed by atoms with Crippen molar-refractivity contribution in [1.29, 1.82) is 0 Å². The van der Waals surface area contributed by atoms with Gasteiger partial charge < -0.3 is 9.64 Å². The Kier molecular flexibility index (Phi) is 6.24. The number of amides is 1. The standard InChI is InChI=1S/C26H29NO4S/c1-18-13-19(2)15-24(14-18)31-20(3)26(28)27(23-11-12-32(29,30)17-23)16-22-9-6-8-21-7-4-5-10-25(21)22/h4-10,13-15,20,23H,11-12,16-17H2,1-3H3. The van der Waals surface area contributed by atoms with Gasteiger partial charge >= 0.3 is 0 Å². The van der Waals surface area contributed by atoms with Crippen molar-refractivity contribution in [2.24, 2.45) is 0 Å². The highest BCUT2D eigenvalue weighted by Crippen LogP contribution is 2.26. The minimum Gasteiger partial charge on any atom is -0.481 e. The van der Waals surface area contributed by atoms with Crippen LogP contribution in [-0.2, 0) is 21.2 Å². The van der Waals surface area contributed by atoms with Crippen molar-refractivity contribution < 1.29 is 17.9 Å². The summed E-state index contributed by atoms with van der Waals surface area (Å²) in [5, 5.41) is 2.16. The molecular formula is C26H29NO4S. The van der Waals surface area contributed by atoms with Crippen molar-refractivity contribution in [2.75, 3.05) is 11.5 Å². The molecule has 1 aliphatic heterocycles. The summed E-state index contributed by atoms with van der Waals surface area (Å²) in [6, 6.07) is 19.6. The smallest absolute Gasteiger partial charge is 0.263 e. The topological polar surface area (TPSA) is 63.7 Å². The van der Waals surface area contributed by atoms with E-state index in [1.54, 1.807) is 11.8 Å². The van der Waals surface area contributed by atoms with E-state index in [0.29, 0.717) is 18.7 Å². The van der Waals surface area contributed by atoms with Gasteiger partial charge in [0, 0.05) is 12.6 Å². The number of rotatable bonds is 6. The fraction of sp³-hybridized carbons (Fsp3) is 0.346. The van der Waals surface area contributed by atoms with E-state index in [9.17, 15) is 13.2 Å². The number of nitrogens with zero attached hydrogens (tertiary/aromatic N) is 1. The van der Waals surface area contributed by atoms with Crippen LogP contribution in [-0.4, -0.2) is 42.9 Å². The summed E-state index contributed by atoms with van der Waals surface area (Å²) in [5.74, 6) is 0.565. The normalized spacial score (nSPS) is 18.4. The molecule has 1 aliphatic rings. The molecule has 1 fully saturated rings. The maximum atomic E-state index is 13.6. The monoisotopic (exact) mass is 451 g/mol. The highest BCUT2D eigenvalue weighted by molar-refractivity contribution is 7.91. The fourth-order valence-electron chi connectivity index (χ4n) is 4.51. The summed E-state index contributed by atoms with van der Waals surface area (Å²) in [4.78, 5) is 15.3. The van der Waals surface area contributed by atoms with E-state index >= 15 is 0 Å². The molecule has 0 aromatic heterocycles. The average Bonchev–Trinajstić information content (AvgIpc) is 3.10. The average molecular weight is 452 g/mol. The molecule has 3 aromatic carbocycles. The Morgan fingerprint density at radius 3 is 2.44 bits per heavy atom. The van der Waals surface area contributed by atoms with E-state index in [1.807, 2.05) is 68.4 Å². The molecule has 1 heterocycles. The zero-order chi connectivity index (χ0) is 22.9. The summed E-state index contributed by atoms with van der Waals surface area (Å²) >= 11 is 0. The van der Waals surface area contributed by atoms with Crippen molar-refractivity contribution in [3.8, 4) is 5.75 Å². The Morgan fingerprint density at radius 1 is 1.06 bits per heavy atom. The first-order chi connectivity index (χ1) is 15.2. The lowest BCUT2D eigenvalue weighted by Crippen LogP contribution is -2.46. The van der Waals surface area contributed by atoms with Gasteiger partial charge in [-0.05, 0) is 66.8 Å². The number of carbonyl (C=O) groups excluding carboxylic acids is 1. The molecule has 0 bridgehead atoms. The summed E-state index contributed by atoms with van der Waals surface area (Å²) in [5.41, 5.74) is 3.13. The third-order valence-electron chi connectivity index (χ3n) is 6.01. The molecule has 0 N–H and O–H groups in total. The minimum atomic E-state index is -3.14. The number of hydrogen-bond acceptors (Lipinski definition) is 4. The van der Waals surface area contributed by atoms with Crippen LogP contribution in [0, 0.1) is 13.8 Å². The third kappa shape index (κ3) is 4.96. The molecule has 32 heavy (non-hydrogen) atoms. The van der Waals surface area contributed by atoms with Gasteiger partial charge in [-0.2, -0.15) is 0 Å². The SMILES string of the molecule is Cc1cc(C)cc(OC(C)C(=O)N(Cc2cccc3ccccc23)C2CCS(=O)(=O)C2)c1. The number of hydrogen-bond donors (Lipinski definition) is 0. The molecule has 2 unspecified atom stereocenters. The predicted octanol–water partition coefficient (Wildman–Crippen LogP) is 4.44. The molecular weight excluding hydrogens is 422 g/mol. The maximum absolute atomic E-state index is 13.6. The molecule has 0 spiro atoms. The predicted molar refractivity (Wildman–Crippen MR) is 128 cm³/mol. The summed E-state index contributed by atoms with van der Waals surface area (Å²) in [7, 11) is -3.14. The first kappa shape index (κ1) is 22.3. The molecule has 168 valence electrons. The van der Waals surface area contributed by atoms with Crippen LogP contribution in [0.1, 0.15) is 30.0 Å². The van der Waals surface area contributed by atoms with E-state index in [4.69, 9.17) is 4.74 Å². The number of benzene rings is 3. The fourth-order valence-corrected chi connectivity index (χ4v) is 6.24. The summed E-state index contributed by atoms with van der Waals surface area (Å²) < 4.78 is 30.4. The van der Waals surface area contributed by atoms with Crippen molar-refractivity contribution in [3.05, 3.63) is 77.4 Å². The van der Waals surface area contributed by atoms with Gasteiger partial charge in [-0.25, -0.2) is 8.42 Å². The minimum absolute atomic E-state index is 0.000219. The van der Waals surface area contributed by atoms with Crippen LogP contribution >= 0.6 is 0 Å². The molecule has 6 heteroatoms. The Bertz CT molecular complexity index is 1230. The molecule has 3 aromatic rings. The van der Waals surface area contributed by atoms with Crippen LogP contribution < -0.4 is 4.74 Å². The molecule has 0 saturated carbocycles. The van der Waals surface area contributed by atoms with Crippen LogP contribution in [0.2, 0.25) is 0 Å². The van der Waals surface area contributed by atoms with Gasteiger partial charge in [-0.15, -0.1) is 0 Å². The highest BCUT2D eigenvalue weighted by atomic mass is 32.2. The number of carbonyl (C=O) groups is 1. The van der Waals surface area contributed by atoms with Crippen molar-refractivity contribution >= 4 is 26.5 Å². The number of fused-ring (bicyclic) bond motifs is 1. The number of sulfone groups is 1.